The molecule has 0 fully saturated rings. The van der Waals surface area contributed by atoms with Crippen LogP contribution in [-0.4, -0.2) is 26.3 Å². The van der Waals surface area contributed by atoms with Crippen molar-refractivity contribution < 1.29 is 13.2 Å². The first-order chi connectivity index (χ1) is 10.9. The molecule has 0 atom stereocenters. The number of hydrogen-bond acceptors (Lipinski definition) is 3. The Morgan fingerprint density at radius 3 is 2.17 bits per heavy atom. The summed E-state index contributed by atoms with van der Waals surface area (Å²) in [6.07, 6.45) is 0.931. The number of rotatable bonds is 6. The Morgan fingerprint density at radius 1 is 1.00 bits per heavy atom. The first kappa shape index (κ1) is 17.2. The predicted octanol–water partition coefficient (Wildman–Crippen LogP) is 1.93. The molecule has 0 aliphatic rings. The third-order valence-electron chi connectivity index (χ3n) is 3.57. The van der Waals surface area contributed by atoms with E-state index >= 15 is 0 Å². The highest BCUT2D eigenvalue weighted by molar-refractivity contribution is 7.89. The molecule has 1 amide bonds. The van der Waals surface area contributed by atoms with Gasteiger partial charge in [-0.2, -0.15) is 0 Å². The van der Waals surface area contributed by atoms with Crippen molar-refractivity contribution in [2.45, 2.75) is 24.3 Å². The number of hydrogen-bond donors (Lipinski definition) is 1. The summed E-state index contributed by atoms with van der Waals surface area (Å²) >= 11 is 0. The van der Waals surface area contributed by atoms with E-state index in [0.29, 0.717) is 19.4 Å². The molecule has 23 heavy (non-hydrogen) atoms. The molecule has 0 heterocycles. The normalized spacial score (nSPS) is 11.2. The third kappa shape index (κ3) is 5.19. The van der Waals surface area contributed by atoms with Crippen LogP contribution in [0.3, 0.4) is 0 Å². The lowest BCUT2D eigenvalue weighted by Gasteiger charge is -2.17. The number of carbonyl (C=O) groups excluding carboxylic acids is 1. The number of amides is 1. The number of sulfonamides is 1. The maximum atomic E-state index is 12.2. The smallest absolute Gasteiger partial charge is 0.238 e. The van der Waals surface area contributed by atoms with Gasteiger partial charge in [0.1, 0.15) is 0 Å². The largest absolute Gasteiger partial charge is 0.341 e. The molecule has 2 rings (SSSR count). The number of benzene rings is 2. The van der Waals surface area contributed by atoms with Crippen LogP contribution in [0.1, 0.15) is 17.5 Å². The number of primary sulfonamides is 1. The van der Waals surface area contributed by atoms with Crippen LogP contribution in [0, 0.1) is 0 Å². The zero-order chi connectivity index (χ0) is 16.9. The molecule has 0 bridgehead atoms. The molecule has 0 aromatic heterocycles. The first-order valence-corrected chi connectivity index (χ1v) is 8.80. The van der Waals surface area contributed by atoms with Gasteiger partial charge in [-0.3, -0.25) is 4.79 Å². The summed E-state index contributed by atoms with van der Waals surface area (Å²) in [6.45, 7) is 0.573. The van der Waals surface area contributed by atoms with Gasteiger partial charge in [0.05, 0.1) is 4.90 Å². The maximum absolute atomic E-state index is 12.2. The Kier molecular flexibility index (Phi) is 5.52. The zero-order valence-electron chi connectivity index (χ0n) is 13.0. The summed E-state index contributed by atoms with van der Waals surface area (Å²) in [5, 5.41) is 5.05. The molecule has 2 aromatic rings. The van der Waals surface area contributed by atoms with Gasteiger partial charge in [-0.05, 0) is 29.7 Å². The molecule has 2 aromatic carbocycles. The van der Waals surface area contributed by atoms with Crippen molar-refractivity contribution in [2.75, 3.05) is 7.05 Å². The van der Waals surface area contributed by atoms with Gasteiger partial charge < -0.3 is 4.90 Å². The summed E-state index contributed by atoms with van der Waals surface area (Å²) < 4.78 is 22.4. The molecule has 2 N–H and O–H groups in total. The number of aryl methyl sites for hydroxylation is 1. The van der Waals surface area contributed by atoms with Gasteiger partial charge in [-0.15, -0.1) is 0 Å². The maximum Gasteiger partial charge on any atom is 0.238 e. The Balaban J connectivity index is 1.89. The molecule has 0 saturated heterocycles. The minimum absolute atomic E-state index is 0.0457. The quantitative estimate of drug-likeness (QED) is 0.877. The third-order valence-corrected chi connectivity index (χ3v) is 4.50. The monoisotopic (exact) mass is 332 g/mol. The minimum Gasteiger partial charge on any atom is -0.341 e. The van der Waals surface area contributed by atoms with Crippen molar-refractivity contribution in [3.8, 4) is 0 Å². The first-order valence-electron chi connectivity index (χ1n) is 7.26. The highest BCUT2D eigenvalue weighted by Crippen LogP contribution is 2.11. The average Bonchev–Trinajstić information content (AvgIpc) is 2.53. The number of nitrogens with zero attached hydrogens (tertiary/aromatic N) is 1. The van der Waals surface area contributed by atoms with E-state index < -0.39 is 10.0 Å². The van der Waals surface area contributed by atoms with Gasteiger partial charge in [0.15, 0.2) is 0 Å². The fourth-order valence-corrected chi connectivity index (χ4v) is 2.75. The van der Waals surface area contributed by atoms with E-state index in [0.717, 1.165) is 11.1 Å². The van der Waals surface area contributed by atoms with E-state index in [2.05, 4.69) is 0 Å². The number of carbonyl (C=O) groups is 1. The van der Waals surface area contributed by atoms with Gasteiger partial charge in [-0.25, -0.2) is 13.6 Å². The van der Waals surface area contributed by atoms with Crippen LogP contribution >= 0.6 is 0 Å². The second-order valence-electron chi connectivity index (χ2n) is 5.42. The molecule has 0 radical (unpaired) electrons. The lowest BCUT2D eigenvalue weighted by Crippen LogP contribution is -2.26. The SMILES string of the molecule is CN(Cc1ccccc1)C(=O)CCc1ccc(S(N)(=O)=O)cc1. The van der Waals surface area contributed by atoms with Gasteiger partial charge in [0, 0.05) is 20.0 Å². The van der Waals surface area contributed by atoms with Crippen molar-refractivity contribution in [1.29, 1.82) is 0 Å². The molecule has 0 aliphatic heterocycles. The van der Waals surface area contributed by atoms with E-state index in [1.165, 1.54) is 12.1 Å². The summed E-state index contributed by atoms with van der Waals surface area (Å²) in [6, 6.07) is 16.1. The Bertz CT molecular complexity index is 756. The van der Waals surface area contributed by atoms with E-state index in [4.69, 9.17) is 5.14 Å². The Morgan fingerprint density at radius 2 is 1.61 bits per heavy atom. The van der Waals surface area contributed by atoms with Crippen LogP contribution in [0.2, 0.25) is 0 Å². The van der Waals surface area contributed by atoms with E-state index in [1.807, 2.05) is 30.3 Å². The summed E-state index contributed by atoms with van der Waals surface area (Å²) in [5.74, 6) is 0.0457. The summed E-state index contributed by atoms with van der Waals surface area (Å²) in [7, 11) is -1.90. The van der Waals surface area contributed by atoms with Gasteiger partial charge in [0.2, 0.25) is 15.9 Å². The van der Waals surface area contributed by atoms with Crippen molar-refractivity contribution in [3.63, 3.8) is 0 Å². The second-order valence-corrected chi connectivity index (χ2v) is 6.99. The van der Waals surface area contributed by atoms with Crippen LogP contribution in [0.15, 0.2) is 59.5 Å². The topological polar surface area (TPSA) is 80.5 Å². The predicted molar refractivity (Wildman–Crippen MR) is 89.1 cm³/mol. The minimum atomic E-state index is -3.67. The van der Waals surface area contributed by atoms with E-state index in [-0.39, 0.29) is 10.8 Å². The van der Waals surface area contributed by atoms with Gasteiger partial charge in [0.25, 0.3) is 0 Å². The highest BCUT2D eigenvalue weighted by atomic mass is 32.2. The fourth-order valence-electron chi connectivity index (χ4n) is 2.23. The molecule has 0 saturated carbocycles. The van der Waals surface area contributed by atoms with Crippen molar-refractivity contribution in [2.24, 2.45) is 5.14 Å². The lowest BCUT2D eigenvalue weighted by molar-refractivity contribution is -0.130. The van der Waals surface area contributed by atoms with Crippen molar-refractivity contribution in [1.82, 2.24) is 4.90 Å². The Labute approximate surface area is 136 Å². The molecule has 0 spiro atoms. The zero-order valence-corrected chi connectivity index (χ0v) is 13.8. The standard InChI is InChI=1S/C17H20N2O3S/c1-19(13-15-5-3-2-4-6-15)17(20)12-9-14-7-10-16(11-8-14)23(18,21)22/h2-8,10-11H,9,12-13H2,1H3,(H2,18,21,22). The van der Waals surface area contributed by atoms with Crippen LogP contribution in [0.5, 0.6) is 0 Å². The molecule has 122 valence electrons. The molecular formula is C17H20N2O3S. The van der Waals surface area contributed by atoms with Crippen LogP contribution < -0.4 is 5.14 Å². The van der Waals surface area contributed by atoms with Crippen LogP contribution in [0.25, 0.3) is 0 Å². The lowest BCUT2D eigenvalue weighted by atomic mass is 10.1. The summed E-state index contributed by atoms with van der Waals surface area (Å²) in [4.78, 5) is 13.9. The number of nitrogens with two attached hydrogens (primary N) is 1. The second kappa shape index (κ2) is 7.39. The van der Waals surface area contributed by atoms with Crippen LogP contribution in [-0.2, 0) is 27.8 Å². The van der Waals surface area contributed by atoms with Gasteiger partial charge in [-0.1, -0.05) is 42.5 Å². The Hall–Kier alpha value is -2.18. The fraction of sp³-hybridized carbons (Fsp3) is 0.235. The molecular weight excluding hydrogens is 312 g/mol. The van der Waals surface area contributed by atoms with Crippen molar-refractivity contribution >= 4 is 15.9 Å². The van der Waals surface area contributed by atoms with Gasteiger partial charge >= 0.3 is 0 Å². The molecule has 0 aliphatic carbocycles. The van der Waals surface area contributed by atoms with E-state index in [1.54, 1.807) is 24.1 Å². The van der Waals surface area contributed by atoms with E-state index in [9.17, 15) is 13.2 Å². The molecule has 6 heteroatoms. The average molecular weight is 332 g/mol. The highest BCUT2D eigenvalue weighted by Gasteiger charge is 2.10. The molecule has 0 unspecified atom stereocenters. The van der Waals surface area contributed by atoms with Crippen LogP contribution in [0.4, 0.5) is 0 Å². The van der Waals surface area contributed by atoms with Crippen molar-refractivity contribution in [3.05, 3.63) is 65.7 Å². The summed E-state index contributed by atoms with van der Waals surface area (Å²) in [5.41, 5.74) is 1.99. The molecule has 5 nitrogen and oxygen atoms in total.